The van der Waals surface area contributed by atoms with Crippen molar-refractivity contribution < 1.29 is 4.42 Å². The third-order valence-electron chi connectivity index (χ3n) is 9.11. The minimum atomic E-state index is 0.604. The number of nitrogens with zero attached hydrogens (tertiary/aromatic N) is 3. The summed E-state index contributed by atoms with van der Waals surface area (Å²) in [4.78, 5) is 15.3. The number of furan rings is 1. The summed E-state index contributed by atoms with van der Waals surface area (Å²) >= 11 is 1.83. The monoisotopic (exact) mass is 631 g/mol. The third kappa shape index (κ3) is 4.33. The lowest BCUT2D eigenvalue weighted by Crippen LogP contribution is -2.00. The molecule has 0 amide bonds. The maximum atomic E-state index is 6.69. The molecule has 3 heterocycles. The zero-order valence-electron chi connectivity index (χ0n) is 25.6. The molecule has 10 aromatic rings. The van der Waals surface area contributed by atoms with Gasteiger partial charge in [0.05, 0.1) is 0 Å². The van der Waals surface area contributed by atoms with Gasteiger partial charge in [-0.2, -0.15) is 0 Å². The fourth-order valence-electron chi connectivity index (χ4n) is 6.84. The zero-order chi connectivity index (χ0) is 31.6. The zero-order valence-corrected chi connectivity index (χ0v) is 26.4. The van der Waals surface area contributed by atoms with Crippen LogP contribution in [0.3, 0.4) is 0 Å². The first-order valence-corrected chi connectivity index (χ1v) is 16.8. The summed E-state index contributed by atoms with van der Waals surface area (Å²) < 4.78 is 9.25. The second kappa shape index (κ2) is 10.7. The van der Waals surface area contributed by atoms with Crippen LogP contribution in [0.2, 0.25) is 0 Å². The number of benzene rings is 7. The molecule has 0 N–H and O–H groups in total. The highest BCUT2D eigenvalue weighted by Crippen LogP contribution is 2.43. The summed E-state index contributed by atoms with van der Waals surface area (Å²) in [5.74, 6) is 1.86. The molecule has 0 saturated carbocycles. The smallest absolute Gasteiger partial charge is 0.164 e. The van der Waals surface area contributed by atoms with E-state index in [1.807, 2.05) is 72.0 Å². The molecule has 5 heteroatoms. The minimum Gasteiger partial charge on any atom is -0.456 e. The fraction of sp³-hybridized carbons (Fsp3) is 0. The highest BCUT2D eigenvalue weighted by atomic mass is 32.1. The quantitative estimate of drug-likeness (QED) is 0.194. The molecule has 0 saturated heterocycles. The predicted molar refractivity (Wildman–Crippen MR) is 199 cm³/mol. The molecular weight excluding hydrogens is 607 g/mol. The van der Waals surface area contributed by atoms with Crippen molar-refractivity contribution in [1.29, 1.82) is 0 Å². The largest absolute Gasteiger partial charge is 0.456 e. The average molecular weight is 632 g/mol. The van der Waals surface area contributed by atoms with Crippen molar-refractivity contribution in [1.82, 2.24) is 15.0 Å². The Bertz CT molecular complexity index is 2780. The Morgan fingerprint density at radius 1 is 0.396 bits per heavy atom. The number of hydrogen-bond acceptors (Lipinski definition) is 5. The number of hydrogen-bond donors (Lipinski definition) is 0. The Morgan fingerprint density at radius 3 is 1.81 bits per heavy atom. The van der Waals surface area contributed by atoms with E-state index in [-0.39, 0.29) is 0 Å². The van der Waals surface area contributed by atoms with E-state index in [2.05, 4.69) is 91.0 Å². The first-order chi connectivity index (χ1) is 23.8. The predicted octanol–water partition coefficient (Wildman–Crippen LogP) is 12.0. The summed E-state index contributed by atoms with van der Waals surface area (Å²) in [6.45, 7) is 0. The van der Waals surface area contributed by atoms with E-state index in [9.17, 15) is 0 Å². The standard InChI is InChI=1S/C43H25N3OS/c1-3-12-27(13-4-1)41-44-42(28-14-5-2-6-15-28)46-43(45-41)34-24-30(29-20-22-38-33(23-29)32-17-9-10-18-37(32)48-38)25-36-40(34)39-31-16-8-7-11-26(31)19-21-35(39)47-36/h1-25H. The van der Waals surface area contributed by atoms with Crippen LogP contribution in [0.15, 0.2) is 156 Å². The van der Waals surface area contributed by atoms with E-state index in [0.717, 1.165) is 60.5 Å². The summed E-state index contributed by atoms with van der Waals surface area (Å²) in [7, 11) is 0. The van der Waals surface area contributed by atoms with E-state index in [1.54, 1.807) is 0 Å². The molecule has 0 aliphatic carbocycles. The molecule has 224 valence electrons. The van der Waals surface area contributed by atoms with Crippen molar-refractivity contribution in [3.05, 3.63) is 152 Å². The molecule has 0 unspecified atom stereocenters. The van der Waals surface area contributed by atoms with Gasteiger partial charge in [-0.25, -0.2) is 15.0 Å². The summed E-state index contributed by atoms with van der Waals surface area (Å²) in [6.07, 6.45) is 0. The molecule has 3 aromatic heterocycles. The maximum Gasteiger partial charge on any atom is 0.164 e. The molecule has 0 atom stereocenters. The van der Waals surface area contributed by atoms with Gasteiger partial charge in [0.1, 0.15) is 11.2 Å². The molecule has 0 radical (unpaired) electrons. The molecule has 48 heavy (non-hydrogen) atoms. The van der Waals surface area contributed by atoms with Gasteiger partial charge in [-0.05, 0) is 58.3 Å². The van der Waals surface area contributed by atoms with E-state index in [0.29, 0.717) is 17.5 Å². The fourth-order valence-corrected chi connectivity index (χ4v) is 7.93. The Morgan fingerprint density at radius 2 is 1.04 bits per heavy atom. The van der Waals surface area contributed by atoms with E-state index in [1.165, 1.54) is 20.2 Å². The van der Waals surface area contributed by atoms with Gasteiger partial charge < -0.3 is 4.42 Å². The lowest BCUT2D eigenvalue weighted by atomic mass is 9.95. The summed E-state index contributed by atoms with van der Waals surface area (Å²) in [5.41, 5.74) is 6.56. The second-order valence-electron chi connectivity index (χ2n) is 12.0. The third-order valence-corrected chi connectivity index (χ3v) is 10.3. The Labute approximate surface area is 279 Å². The van der Waals surface area contributed by atoms with Crippen LogP contribution in [0, 0.1) is 0 Å². The van der Waals surface area contributed by atoms with Crippen LogP contribution < -0.4 is 0 Å². The Hall–Kier alpha value is -6.17. The van der Waals surface area contributed by atoms with Crippen molar-refractivity contribution >= 4 is 64.2 Å². The Kier molecular flexibility index (Phi) is 6.01. The van der Waals surface area contributed by atoms with Crippen LogP contribution in [-0.2, 0) is 0 Å². The molecule has 10 rings (SSSR count). The molecule has 4 nitrogen and oxygen atoms in total. The highest BCUT2D eigenvalue weighted by molar-refractivity contribution is 7.25. The van der Waals surface area contributed by atoms with E-state index < -0.39 is 0 Å². The van der Waals surface area contributed by atoms with Crippen molar-refractivity contribution in [2.45, 2.75) is 0 Å². The lowest BCUT2D eigenvalue weighted by Gasteiger charge is -2.11. The first kappa shape index (κ1) is 27.0. The van der Waals surface area contributed by atoms with Crippen LogP contribution in [0.25, 0.3) is 98.2 Å². The van der Waals surface area contributed by atoms with Crippen LogP contribution in [0.1, 0.15) is 0 Å². The molecule has 0 aliphatic rings. The molecule has 7 aromatic carbocycles. The van der Waals surface area contributed by atoms with Crippen LogP contribution in [0.4, 0.5) is 0 Å². The van der Waals surface area contributed by atoms with Gasteiger partial charge in [-0.1, -0.05) is 115 Å². The molecule has 0 spiro atoms. The number of rotatable bonds is 4. The molecule has 0 aliphatic heterocycles. The molecular formula is C43H25N3OS. The molecule has 0 fully saturated rings. The molecule has 0 bridgehead atoms. The van der Waals surface area contributed by atoms with Gasteiger partial charge in [-0.3, -0.25) is 0 Å². The summed E-state index contributed by atoms with van der Waals surface area (Å²) in [6, 6.07) is 52.7. The first-order valence-electron chi connectivity index (χ1n) is 15.9. The topological polar surface area (TPSA) is 51.8 Å². The second-order valence-corrected chi connectivity index (χ2v) is 13.1. The minimum absolute atomic E-state index is 0.604. The van der Waals surface area contributed by atoms with Gasteiger partial charge in [-0.15, -0.1) is 11.3 Å². The highest BCUT2D eigenvalue weighted by Gasteiger charge is 2.21. The van der Waals surface area contributed by atoms with Crippen molar-refractivity contribution in [3.8, 4) is 45.3 Å². The van der Waals surface area contributed by atoms with Crippen molar-refractivity contribution in [2.75, 3.05) is 0 Å². The lowest BCUT2D eigenvalue weighted by molar-refractivity contribution is 0.669. The van der Waals surface area contributed by atoms with Gasteiger partial charge >= 0.3 is 0 Å². The van der Waals surface area contributed by atoms with Gasteiger partial charge in [0.15, 0.2) is 17.5 Å². The van der Waals surface area contributed by atoms with Gasteiger partial charge in [0.2, 0.25) is 0 Å². The van der Waals surface area contributed by atoms with Gasteiger partial charge in [0.25, 0.3) is 0 Å². The SMILES string of the molecule is c1ccc(-c2nc(-c3ccccc3)nc(-c3cc(-c4ccc5sc6ccccc6c5c4)cc4oc5ccc6ccccc6c5c34)n2)cc1. The summed E-state index contributed by atoms with van der Waals surface area (Å²) in [5, 5.41) is 6.87. The average Bonchev–Trinajstić information content (AvgIpc) is 3.73. The van der Waals surface area contributed by atoms with Crippen molar-refractivity contribution in [3.63, 3.8) is 0 Å². The van der Waals surface area contributed by atoms with Crippen molar-refractivity contribution in [2.24, 2.45) is 0 Å². The van der Waals surface area contributed by atoms with Crippen LogP contribution in [-0.4, -0.2) is 15.0 Å². The number of aromatic nitrogens is 3. The van der Waals surface area contributed by atoms with E-state index in [4.69, 9.17) is 19.4 Å². The number of fused-ring (bicyclic) bond motifs is 8. The van der Waals surface area contributed by atoms with Gasteiger partial charge in [0, 0.05) is 47.6 Å². The maximum absolute atomic E-state index is 6.69. The number of thiophene rings is 1. The van der Waals surface area contributed by atoms with E-state index >= 15 is 0 Å². The van der Waals surface area contributed by atoms with Crippen LogP contribution >= 0.6 is 11.3 Å². The normalized spacial score (nSPS) is 11.8. The Balaban J connectivity index is 1.30. The van der Waals surface area contributed by atoms with Crippen LogP contribution in [0.5, 0.6) is 0 Å².